The topological polar surface area (TPSA) is 32.0 Å². The van der Waals surface area contributed by atoms with Crippen LogP contribution in [0.2, 0.25) is 0 Å². The van der Waals surface area contributed by atoms with Gasteiger partial charge in [-0.1, -0.05) is 78.9 Å². The van der Waals surface area contributed by atoms with Crippen LogP contribution in [0.15, 0.2) is 152 Å². The summed E-state index contributed by atoms with van der Waals surface area (Å²) in [6, 6.07) is 54.9. The predicted octanol–water partition coefficient (Wildman–Crippen LogP) is 9.79. The Kier molecular flexibility index (Phi) is 5.85. The molecule has 7 rings (SSSR count). The Morgan fingerprint density at radius 1 is 0.525 bits per heavy atom. The summed E-state index contributed by atoms with van der Waals surface area (Å²) in [6.07, 6.45) is 0. The molecule has 0 spiro atoms. The largest absolute Gasteiger partial charge is 0.310 e. The van der Waals surface area contributed by atoms with Crippen molar-refractivity contribution in [1.82, 2.24) is 4.57 Å². The van der Waals surface area contributed by atoms with Gasteiger partial charge >= 0.3 is 0 Å². The van der Waals surface area contributed by atoms with Gasteiger partial charge in [0, 0.05) is 27.8 Å². The van der Waals surface area contributed by atoms with Crippen LogP contribution in [0.4, 0.5) is 17.1 Å². The lowest BCUT2D eigenvalue weighted by molar-refractivity contribution is 1.18. The van der Waals surface area contributed by atoms with Crippen molar-refractivity contribution in [2.45, 2.75) is 0 Å². The number of nitrogens with zero attached hydrogens (tertiary/aromatic N) is 3. The fraction of sp³-hybridized carbons (Fsp3) is 0. The maximum Gasteiger partial charge on any atom is 0.0991 e. The van der Waals surface area contributed by atoms with E-state index in [1.165, 1.54) is 5.39 Å². The minimum Gasteiger partial charge on any atom is -0.310 e. The molecule has 0 N–H and O–H groups in total. The average molecular weight is 512 g/mol. The quantitative estimate of drug-likeness (QED) is 0.230. The molecule has 0 saturated heterocycles. The fourth-order valence-electron chi connectivity index (χ4n) is 5.62. The van der Waals surface area contributed by atoms with Gasteiger partial charge in [-0.2, -0.15) is 5.26 Å². The van der Waals surface area contributed by atoms with Gasteiger partial charge in [0.25, 0.3) is 0 Å². The standard InChI is InChI=1S/C37H25N3/c38-26-27-12-10-13-28(24-27)29-22-23-34-33(25-29)37-35(20-11-21-36(37)40(34)32-18-8-3-9-19-32)39(30-14-4-1-5-15-30)31-16-6-2-7-17-31/h1-25H. The number of hydrogen-bond acceptors (Lipinski definition) is 2. The van der Waals surface area contributed by atoms with Gasteiger partial charge < -0.3 is 9.47 Å². The zero-order valence-corrected chi connectivity index (χ0v) is 21.8. The second-order valence-corrected chi connectivity index (χ2v) is 9.77. The minimum atomic E-state index is 0.657. The Morgan fingerprint density at radius 3 is 1.82 bits per heavy atom. The Balaban J connectivity index is 1.58. The molecule has 40 heavy (non-hydrogen) atoms. The summed E-state index contributed by atoms with van der Waals surface area (Å²) in [5, 5.41) is 11.8. The summed E-state index contributed by atoms with van der Waals surface area (Å²) in [5.41, 5.74) is 9.46. The Labute approximate surface area is 233 Å². The van der Waals surface area contributed by atoms with Crippen molar-refractivity contribution in [2.24, 2.45) is 0 Å². The molecule has 3 nitrogen and oxygen atoms in total. The first-order chi connectivity index (χ1) is 19.8. The summed E-state index contributed by atoms with van der Waals surface area (Å²) < 4.78 is 2.35. The van der Waals surface area contributed by atoms with E-state index >= 15 is 0 Å². The molecule has 0 radical (unpaired) electrons. The molecule has 0 fully saturated rings. The molecule has 0 atom stereocenters. The summed E-state index contributed by atoms with van der Waals surface area (Å²) in [7, 11) is 0. The van der Waals surface area contributed by atoms with E-state index in [1.54, 1.807) is 0 Å². The number of rotatable bonds is 5. The molecular formula is C37H25N3. The molecule has 0 aliphatic rings. The number of anilines is 3. The zero-order valence-electron chi connectivity index (χ0n) is 21.8. The third-order valence-corrected chi connectivity index (χ3v) is 7.38. The van der Waals surface area contributed by atoms with Crippen molar-refractivity contribution >= 4 is 38.9 Å². The maximum atomic E-state index is 9.51. The molecular weight excluding hydrogens is 486 g/mol. The number of aromatic nitrogens is 1. The summed E-state index contributed by atoms with van der Waals surface area (Å²) >= 11 is 0. The van der Waals surface area contributed by atoms with E-state index in [9.17, 15) is 5.26 Å². The monoisotopic (exact) mass is 511 g/mol. The number of nitriles is 1. The van der Waals surface area contributed by atoms with Crippen LogP contribution >= 0.6 is 0 Å². The van der Waals surface area contributed by atoms with Crippen LogP contribution in [-0.2, 0) is 0 Å². The molecule has 188 valence electrons. The SMILES string of the molecule is N#Cc1cccc(-c2ccc3c(c2)c2c(N(c4ccccc4)c4ccccc4)cccc2n3-c2ccccc2)c1. The maximum absolute atomic E-state index is 9.51. The molecule has 1 aromatic heterocycles. The second-order valence-electron chi connectivity index (χ2n) is 9.77. The average Bonchev–Trinajstić information content (AvgIpc) is 3.37. The van der Waals surface area contributed by atoms with E-state index in [0.29, 0.717) is 5.56 Å². The van der Waals surface area contributed by atoms with E-state index in [2.05, 4.69) is 149 Å². The lowest BCUT2D eigenvalue weighted by atomic mass is 10.0. The van der Waals surface area contributed by atoms with Gasteiger partial charge in [0.05, 0.1) is 28.4 Å². The first-order valence-corrected chi connectivity index (χ1v) is 13.4. The van der Waals surface area contributed by atoms with E-state index in [-0.39, 0.29) is 0 Å². The van der Waals surface area contributed by atoms with E-state index in [1.807, 2.05) is 18.2 Å². The molecule has 0 aliphatic carbocycles. The van der Waals surface area contributed by atoms with Crippen LogP contribution in [0.5, 0.6) is 0 Å². The van der Waals surface area contributed by atoms with E-state index in [0.717, 1.165) is 50.3 Å². The molecule has 0 amide bonds. The zero-order chi connectivity index (χ0) is 26.9. The molecule has 1 heterocycles. The molecule has 6 aromatic carbocycles. The number of hydrogen-bond donors (Lipinski definition) is 0. The third kappa shape index (κ3) is 4.00. The summed E-state index contributed by atoms with van der Waals surface area (Å²) in [6.45, 7) is 0. The Hall–Kier alpha value is -5.59. The summed E-state index contributed by atoms with van der Waals surface area (Å²) in [5.74, 6) is 0. The highest BCUT2D eigenvalue weighted by Gasteiger charge is 2.21. The van der Waals surface area contributed by atoms with Gasteiger partial charge in [0.1, 0.15) is 0 Å². The van der Waals surface area contributed by atoms with Gasteiger partial charge in [-0.3, -0.25) is 0 Å². The van der Waals surface area contributed by atoms with Crippen LogP contribution in [0, 0.1) is 11.3 Å². The van der Waals surface area contributed by atoms with Crippen molar-refractivity contribution in [2.75, 3.05) is 4.90 Å². The Morgan fingerprint density at radius 2 is 1.15 bits per heavy atom. The lowest BCUT2D eigenvalue weighted by Gasteiger charge is -2.26. The Bertz CT molecular complexity index is 1960. The number of fused-ring (bicyclic) bond motifs is 3. The molecule has 3 heteroatoms. The predicted molar refractivity (Wildman–Crippen MR) is 166 cm³/mol. The van der Waals surface area contributed by atoms with E-state index < -0.39 is 0 Å². The van der Waals surface area contributed by atoms with Crippen LogP contribution in [0.25, 0.3) is 38.6 Å². The van der Waals surface area contributed by atoms with Crippen molar-refractivity contribution in [3.05, 3.63) is 157 Å². The summed E-state index contributed by atoms with van der Waals surface area (Å²) in [4.78, 5) is 2.33. The second kappa shape index (κ2) is 9.94. The van der Waals surface area contributed by atoms with Crippen molar-refractivity contribution in [3.63, 3.8) is 0 Å². The van der Waals surface area contributed by atoms with Gasteiger partial charge in [-0.25, -0.2) is 0 Å². The van der Waals surface area contributed by atoms with Crippen LogP contribution < -0.4 is 4.90 Å². The molecule has 0 bridgehead atoms. The fourth-order valence-corrected chi connectivity index (χ4v) is 5.62. The smallest absolute Gasteiger partial charge is 0.0991 e. The van der Waals surface area contributed by atoms with Crippen LogP contribution in [0.3, 0.4) is 0 Å². The molecule has 7 aromatic rings. The first kappa shape index (κ1) is 23.5. The normalized spacial score (nSPS) is 11.0. The van der Waals surface area contributed by atoms with Crippen molar-refractivity contribution in [3.8, 4) is 22.9 Å². The van der Waals surface area contributed by atoms with E-state index in [4.69, 9.17) is 0 Å². The highest BCUT2D eigenvalue weighted by molar-refractivity contribution is 6.17. The third-order valence-electron chi connectivity index (χ3n) is 7.38. The number of benzene rings is 6. The van der Waals surface area contributed by atoms with Gasteiger partial charge in [-0.05, 0) is 83.9 Å². The lowest BCUT2D eigenvalue weighted by Crippen LogP contribution is -2.10. The van der Waals surface area contributed by atoms with Crippen LogP contribution in [-0.4, -0.2) is 4.57 Å². The highest BCUT2D eigenvalue weighted by Crippen LogP contribution is 2.44. The molecule has 0 saturated carbocycles. The van der Waals surface area contributed by atoms with Gasteiger partial charge in [0.2, 0.25) is 0 Å². The van der Waals surface area contributed by atoms with Crippen molar-refractivity contribution < 1.29 is 0 Å². The van der Waals surface area contributed by atoms with Gasteiger partial charge in [0.15, 0.2) is 0 Å². The first-order valence-electron chi connectivity index (χ1n) is 13.4. The number of para-hydroxylation sites is 3. The van der Waals surface area contributed by atoms with Gasteiger partial charge in [-0.15, -0.1) is 0 Å². The van der Waals surface area contributed by atoms with Crippen LogP contribution in [0.1, 0.15) is 5.56 Å². The minimum absolute atomic E-state index is 0.657. The van der Waals surface area contributed by atoms with Crippen molar-refractivity contribution in [1.29, 1.82) is 5.26 Å². The molecule has 0 aliphatic heterocycles. The highest BCUT2D eigenvalue weighted by atomic mass is 15.1. The molecule has 0 unspecified atom stereocenters.